The van der Waals surface area contributed by atoms with Crippen LogP contribution in [0.2, 0.25) is 0 Å². The molecule has 8 heteroatoms. The largest absolute Gasteiger partial charge is 0.492 e. The maximum atomic E-state index is 12.7. The van der Waals surface area contributed by atoms with Crippen molar-refractivity contribution in [1.82, 2.24) is 14.5 Å². The number of nitrogens with zero attached hydrogens (tertiary/aromatic N) is 2. The zero-order chi connectivity index (χ0) is 21.3. The monoisotopic (exact) mass is 426 g/mol. The van der Waals surface area contributed by atoms with E-state index in [2.05, 4.69) is 22.0 Å². The van der Waals surface area contributed by atoms with E-state index in [0.717, 1.165) is 23.3 Å². The highest BCUT2D eigenvalue weighted by molar-refractivity contribution is 7.89. The van der Waals surface area contributed by atoms with Gasteiger partial charge in [-0.25, -0.2) is 13.1 Å². The van der Waals surface area contributed by atoms with Gasteiger partial charge in [0.05, 0.1) is 11.9 Å². The van der Waals surface area contributed by atoms with E-state index < -0.39 is 10.0 Å². The molecule has 2 aromatic carbocycles. The molecule has 30 heavy (non-hydrogen) atoms. The Hall–Kier alpha value is -2.68. The third-order valence-electron chi connectivity index (χ3n) is 5.67. The van der Waals surface area contributed by atoms with Gasteiger partial charge in [-0.1, -0.05) is 42.5 Å². The average molecular weight is 427 g/mol. The van der Waals surface area contributed by atoms with Crippen LogP contribution < -0.4 is 15.2 Å². The Kier molecular flexibility index (Phi) is 5.64. The van der Waals surface area contributed by atoms with Crippen LogP contribution >= 0.6 is 0 Å². The fourth-order valence-corrected chi connectivity index (χ4v) is 5.01. The van der Waals surface area contributed by atoms with Gasteiger partial charge in [0, 0.05) is 25.6 Å². The van der Waals surface area contributed by atoms with Crippen LogP contribution in [0.25, 0.3) is 0 Å². The van der Waals surface area contributed by atoms with Crippen molar-refractivity contribution in [2.45, 2.75) is 36.7 Å². The molecule has 1 aliphatic heterocycles. The van der Waals surface area contributed by atoms with E-state index in [9.17, 15) is 8.42 Å². The molecule has 3 aromatic rings. The predicted molar refractivity (Wildman–Crippen MR) is 115 cm³/mol. The molecule has 0 spiro atoms. The van der Waals surface area contributed by atoms with Crippen LogP contribution in [-0.4, -0.2) is 30.8 Å². The smallest absolute Gasteiger partial charge is 0.244 e. The lowest BCUT2D eigenvalue weighted by Gasteiger charge is -2.32. The maximum absolute atomic E-state index is 12.7. The lowest BCUT2D eigenvalue weighted by atomic mass is 9.84. The van der Waals surface area contributed by atoms with Crippen LogP contribution in [0, 0.1) is 6.92 Å². The second-order valence-corrected chi connectivity index (χ2v) is 9.42. The van der Waals surface area contributed by atoms with Gasteiger partial charge in [-0.15, -0.1) is 0 Å². The van der Waals surface area contributed by atoms with Crippen molar-refractivity contribution in [3.63, 3.8) is 0 Å². The van der Waals surface area contributed by atoms with Crippen LogP contribution in [0.15, 0.2) is 59.6 Å². The minimum absolute atomic E-state index is 0.105. The van der Waals surface area contributed by atoms with Gasteiger partial charge in [0.2, 0.25) is 10.0 Å². The van der Waals surface area contributed by atoms with Gasteiger partial charge in [-0.2, -0.15) is 5.10 Å². The first kappa shape index (κ1) is 20.6. The van der Waals surface area contributed by atoms with Crippen molar-refractivity contribution in [3.05, 3.63) is 77.1 Å². The van der Waals surface area contributed by atoms with Crippen molar-refractivity contribution in [3.8, 4) is 5.75 Å². The molecule has 7 nitrogen and oxygen atoms in total. The highest BCUT2D eigenvalue weighted by atomic mass is 32.2. The van der Waals surface area contributed by atoms with Crippen molar-refractivity contribution < 1.29 is 13.2 Å². The topological polar surface area (TPSA) is 99.2 Å². The first-order chi connectivity index (χ1) is 14.3. The molecule has 4 rings (SSSR count). The fraction of sp³-hybridized carbons (Fsp3) is 0.318. The molecule has 1 aliphatic rings. The average Bonchev–Trinajstić information content (AvgIpc) is 3.09. The molecule has 0 saturated carbocycles. The molecule has 2 heterocycles. The molecule has 0 bridgehead atoms. The molecular weight excluding hydrogens is 400 g/mol. The standard InChI is InChI=1S/C22H26N4O3S/c1-15-22(13-24-26(15)2)30(27,28)25-12-17-8-9-21-19(11-17)18(20(23)14-29-21)10-16-6-4-3-5-7-16/h3-9,11,13,18,20,25H,10,12,14,23H2,1-2H3. The van der Waals surface area contributed by atoms with Crippen LogP contribution in [0.1, 0.15) is 28.3 Å². The highest BCUT2D eigenvalue weighted by Crippen LogP contribution is 2.36. The lowest BCUT2D eigenvalue weighted by Crippen LogP contribution is -2.39. The maximum Gasteiger partial charge on any atom is 0.244 e. The number of nitrogens with one attached hydrogen (secondary N) is 1. The number of aromatic nitrogens is 2. The normalized spacial score (nSPS) is 18.6. The quantitative estimate of drug-likeness (QED) is 0.630. The number of benzene rings is 2. The van der Waals surface area contributed by atoms with Gasteiger partial charge in [-0.3, -0.25) is 4.68 Å². The zero-order valence-electron chi connectivity index (χ0n) is 17.1. The van der Waals surface area contributed by atoms with E-state index in [1.54, 1.807) is 18.7 Å². The Balaban J connectivity index is 1.56. The summed E-state index contributed by atoms with van der Waals surface area (Å²) < 4.78 is 35.4. The number of hydrogen-bond acceptors (Lipinski definition) is 5. The number of sulfonamides is 1. The zero-order valence-corrected chi connectivity index (χ0v) is 17.9. The minimum Gasteiger partial charge on any atom is -0.492 e. The second-order valence-electron chi connectivity index (χ2n) is 7.69. The molecule has 0 fully saturated rings. The van der Waals surface area contributed by atoms with Gasteiger partial charge in [0.1, 0.15) is 17.3 Å². The molecule has 0 saturated heterocycles. The summed E-state index contributed by atoms with van der Waals surface area (Å²) in [5, 5.41) is 4.02. The first-order valence-corrected chi connectivity index (χ1v) is 11.4. The summed E-state index contributed by atoms with van der Waals surface area (Å²) in [6, 6.07) is 15.9. The third-order valence-corrected chi connectivity index (χ3v) is 7.17. The summed E-state index contributed by atoms with van der Waals surface area (Å²) in [7, 11) is -1.94. The number of nitrogens with two attached hydrogens (primary N) is 1. The van der Waals surface area contributed by atoms with Crippen molar-refractivity contribution in [1.29, 1.82) is 0 Å². The van der Waals surface area contributed by atoms with Crippen molar-refractivity contribution >= 4 is 10.0 Å². The Bertz CT molecular complexity index is 1140. The summed E-state index contributed by atoms with van der Waals surface area (Å²) in [4.78, 5) is 0.190. The van der Waals surface area contributed by atoms with E-state index in [-0.39, 0.29) is 23.4 Å². The Morgan fingerprint density at radius 2 is 1.97 bits per heavy atom. The fourth-order valence-electron chi connectivity index (χ4n) is 3.79. The summed E-state index contributed by atoms with van der Waals surface area (Å²) in [5.41, 5.74) is 10.1. The lowest BCUT2D eigenvalue weighted by molar-refractivity contribution is 0.238. The molecule has 1 aromatic heterocycles. The Morgan fingerprint density at radius 1 is 1.20 bits per heavy atom. The van der Waals surface area contributed by atoms with E-state index in [0.29, 0.717) is 12.3 Å². The Morgan fingerprint density at radius 3 is 2.67 bits per heavy atom. The molecule has 2 atom stereocenters. The molecule has 0 radical (unpaired) electrons. The first-order valence-electron chi connectivity index (χ1n) is 9.88. The van der Waals surface area contributed by atoms with Crippen molar-refractivity contribution in [2.24, 2.45) is 12.8 Å². The molecule has 0 amide bonds. The number of ether oxygens (including phenoxy) is 1. The number of hydrogen-bond donors (Lipinski definition) is 2. The molecular formula is C22H26N4O3S. The summed E-state index contributed by atoms with van der Waals surface area (Å²) in [5.74, 6) is 0.917. The van der Waals surface area contributed by atoms with E-state index in [1.807, 2.05) is 36.4 Å². The number of rotatable bonds is 6. The highest BCUT2D eigenvalue weighted by Gasteiger charge is 2.29. The van der Waals surface area contributed by atoms with Crippen LogP contribution in [0.3, 0.4) is 0 Å². The SMILES string of the molecule is Cc1c(S(=O)(=O)NCc2ccc3c(c2)C(Cc2ccccc2)C(N)CO3)cnn1C. The Labute approximate surface area is 176 Å². The summed E-state index contributed by atoms with van der Waals surface area (Å²) in [6.07, 6.45) is 2.18. The second kappa shape index (κ2) is 8.22. The van der Waals surface area contributed by atoms with Gasteiger partial charge < -0.3 is 10.5 Å². The predicted octanol–water partition coefficient (Wildman–Crippen LogP) is 2.25. The molecule has 0 aliphatic carbocycles. The van der Waals surface area contributed by atoms with Crippen molar-refractivity contribution in [2.75, 3.05) is 6.61 Å². The van der Waals surface area contributed by atoms with Gasteiger partial charge >= 0.3 is 0 Å². The van der Waals surface area contributed by atoms with Gasteiger partial charge in [-0.05, 0) is 36.1 Å². The summed E-state index contributed by atoms with van der Waals surface area (Å²) >= 11 is 0. The number of aryl methyl sites for hydroxylation is 1. The third kappa shape index (κ3) is 4.12. The molecule has 158 valence electrons. The minimum atomic E-state index is -3.65. The van der Waals surface area contributed by atoms with E-state index in [4.69, 9.17) is 10.5 Å². The van der Waals surface area contributed by atoms with E-state index >= 15 is 0 Å². The molecule has 3 N–H and O–H groups in total. The van der Waals surface area contributed by atoms with Crippen LogP contribution in [0.4, 0.5) is 0 Å². The van der Waals surface area contributed by atoms with Crippen LogP contribution in [0.5, 0.6) is 5.75 Å². The van der Waals surface area contributed by atoms with Gasteiger partial charge in [0.15, 0.2) is 0 Å². The number of fused-ring (bicyclic) bond motifs is 1. The van der Waals surface area contributed by atoms with E-state index in [1.165, 1.54) is 11.8 Å². The van der Waals surface area contributed by atoms with Gasteiger partial charge in [0.25, 0.3) is 0 Å². The summed E-state index contributed by atoms with van der Waals surface area (Å²) in [6.45, 7) is 2.38. The van der Waals surface area contributed by atoms with Crippen LogP contribution in [-0.2, 0) is 30.0 Å². The molecule has 2 unspecified atom stereocenters.